The summed E-state index contributed by atoms with van der Waals surface area (Å²) in [5.74, 6) is -3.65. The molecule has 2 N–H and O–H groups in total. The molecule has 3 aromatic heterocycles. The van der Waals surface area contributed by atoms with Crippen LogP contribution in [-0.4, -0.2) is 28.0 Å². The summed E-state index contributed by atoms with van der Waals surface area (Å²) >= 11 is 6.11. The highest BCUT2D eigenvalue weighted by atomic mass is 35.5. The summed E-state index contributed by atoms with van der Waals surface area (Å²) in [6.45, 7) is 4.79. The predicted octanol–water partition coefficient (Wildman–Crippen LogP) is 7.03. The van der Waals surface area contributed by atoms with E-state index >= 15 is 8.78 Å². The van der Waals surface area contributed by atoms with Crippen molar-refractivity contribution in [3.05, 3.63) is 104 Å². The number of methoxy groups -OCH3 is 1. The van der Waals surface area contributed by atoms with Crippen LogP contribution >= 0.6 is 11.6 Å². The van der Waals surface area contributed by atoms with Crippen molar-refractivity contribution in [3.8, 4) is 28.4 Å². The van der Waals surface area contributed by atoms with Gasteiger partial charge >= 0.3 is 0 Å². The van der Waals surface area contributed by atoms with Crippen molar-refractivity contribution in [2.24, 2.45) is 0 Å². The van der Waals surface area contributed by atoms with Crippen molar-refractivity contribution in [1.29, 1.82) is 0 Å². The molecule has 0 aliphatic rings. The molecule has 2 aromatic carbocycles. The number of carbonyl (C=O) groups excluding carboxylic acids is 1. The van der Waals surface area contributed by atoms with Crippen molar-refractivity contribution < 1.29 is 27.4 Å². The molecule has 0 atom stereocenters. The number of rotatable bonds is 6. The number of amides is 1. The first-order chi connectivity index (χ1) is 20.0. The molecule has 0 radical (unpaired) electrons. The molecule has 0 aliphatic carbocycles. The van der Waals surface area contributed by atoms with E-state index in [1.54, 1.807) is 13.8 Å². The van der Waals surface area contributed by atoms with Crippen LogP contribution in [0.1, 0.15) is 27.3 Å². The van der Waals surface area contributed by atoms with E-state index in [1.165, 1.54) is 50.6 Å². The zero-order chi connectivity index (χ0) is 30.3. The third-order valence-corrected chi connectivity index (χ3v) is 6.84. The summed E-state index contributed by atoms with van der Waals surface area (Å²) in [6, 6.07) is 8.33. The Labute approximate surface area is 242 Å². The van der Waals surface area contributed by atoms with E-state index in [4.69, 9.17) is 21.1 Å². The first kappa shape index (κ1) is 28.6. The van der Waals surface area contributed by atoms with Gasteiger partial charge in [0.15, 0.2) is 34.0 Å². The van der Waals surface area contributed by atoms with Gasteiger partial charge in [0, 0.05) is 47.4 Å². The van der Waals surface area contributed by atoms with Crippen LogP contribution in [0.2, 0.25) is 5.15 Å². The van der Waals surface area contributed by atoms with Crippen LogP contribution in [0.15, 0.2) is 53.5 Å². The highest BCUT2D eigenvalue weighted by Crippen LogP contribution is 2.35. The average Bonchev–Trinajstić information content (AvgIpc) is 2.92. The van der Waals surface area contributed by atoms with Crippen molar-refractivity contribution in [1.82, 2.24) is 15.0 Å². The minimum atomic E-state index is -1.03. The largest absolute Gasteiger partial charge is 0.493 e. The molecule has 5 rings (SSSR count). The van der Waals surface area contributed by atoms with Crippen molar-refractivity contribution in [2.75, 3.05) is 12.4 Å². The molecule has 8 nitrogen and oxygen atoms in total. The van der Waals surface area contributed by atoms with Crippen LogP contribution in [0.5, 0.6) is 17.2 Å². The molecule has 12 heteroatoms. The van der Waals surface area contributed by atoms with Crippen molar-refractivity contribution >= 4 is 34.2 Å². The van der Waals surface area contributed by atoms with Gasteiger partial charge < -0.3 is 19.8 Å². The summed E-state index contributed by atoms with van der Waals surface area (Å²) in [4.78, 5) is 38.0. The zero-order valence-electron chi connectivity index (χ0n) is 22.7. The second-order valence-electron chi connectivity index (χ2n) is 9.39. The van der Waals surface area contributed by atoms with Crippen LogP contribution in [0, 0.1) is 38.2 Å². The smallest absolute Gasteiger partial charge is 0.261 e. The zero-order valence-corrected chi connectivity index (χ0v) is 23.4. The van der Waals surface area contributed by atoms with E-state index < -0.39 is 40.2 Å². The fourth-order valence-corrected chi connectivity index (χ4v) is 4.83. The number of carbonyl (C=O) groups is 1. The summed E-state index contributed by atoms with van der Waals surface area (Å²) < 4.78 is 54.7. The van der Waals surface area contributed by atoms with E-state index in [0.29, 0.717) is 22.3 Å². The standard InChI is InChI=1S/C30H22ClF3N4O4/c1-13-9-16(32)5-6-17(13)25-14(2)36-15(3)26(28(25)39)30(40)37-20-10-19(34)23(11-18(20)33)42-22-7-8-35-21-12-24(41-4)29(31)38-27(21)22/h5-12H,1-4H3,(H,36,39)(H,37,40). The molecule has 5 aromatic rings. The Morgan fingerprint density at radius 2 is 1.71 bits per heavy atom. The molecule has 214 valence electrons. The van der Waals surface area contributed by atoms with Crippen LogP contribution in [-0.2, 0) is 0 Å². The average molecular weight is 595 g/mol. The Balaban J connectivity index is 1.47. The lowest BCUT2D eigenvalue weighted by Crippen LogP contribution is -2.26. The molecule has 0 bridgehead atoms. The molecule has 1 amide bonds. The van der Waals surface area contributed by atoms with Crippen LogP contribution in [0.4, 0.5) is 18.9 Å². The summed E-state index contributed by atoms with van der Waals surface area (Å²) in [5, 5.41) is 2.29. The number of hydrogen-bond acceptors (Lipinski definition) is 6. The molecule has 0 fully saturated rings. The molecule has 3 heterocycles. The van der Waals surface area contributed by atoms with Gasteiger partial charge in [0.05, 0.1) is 18.3 Å². The maximum absolute atomic E-state index is 15.1. The van der Waals surface area contributed by atoms with Gasteiger partial charge in [0.2, 0.25) is 5.43 Å². The van der Waals surface area contributed by atoms with Gasteiger partial charge in [-0.05, 0) is 44.0 Å². The Hall–Kier alpha value is -4.90. The lowest BCUT2D eigenvalue weighted by Gasteiger charge is -2.15. The first-order valence-electron chi connectivity index (χ1n) is 12.5. The van der Waals surface area contributed by atoms with E-state index in [0.717, 1.165) is 12.1 Å². The first-order valence-corrected chi connectivity index (χ1v) is 12.8. The van der Waals surface area contributed by atoms with E-state index in [-0.39, 0.29) is 39.0 Å². The van der Waals surface area contributed by atoms with E-state index in [9.17, 15) is 14.0 Å². The molecule has 0 unspecified atom stereocenters. The number of halogens is 4. The number of pyridine rings is 3. The fraction of sp³-hybridized carbons (Fsp3) is 0.133. The number of benzene rings is 2. The maximum Gasteiger partial charge on any atom is 0.261 e. The highest BCUT2D eigenvalue weighted by molar-refractivity contribution is 6.31. The lowest BCUT2D eigenvalue weighted by atomic mass is 9.96. The Morgan fingerprint density at radius 3 is 2.43 bits per heavy atom. The van der Waals surface area contributed by atoms with E-state index in [1.807, 2.05) is 0 Å². The molecular formula is C30H22ClF3N4O4. The number of aromatic nitrogens is 3. The second kappa shape index (κ2) is 11.2. The highest BCUT2D eigenvalue weighted by Gasteiger charge is 2.23. The van der Waals surface area contributed by atoms with Crippen LogP contribution < -0.4 is 20.2 Å². The number of H-pyrrole nitrogens is 1. The number of hydrogen-bond donors (Lipinski definition) is 2. The number of fused-ring (bicyclic) bond motifs is 1. The number of nitrogens with zero attached hydrogens (tertiary/aromatic N) is 2. The van der Waals surface area contributed by atoms with Gasteiger partial charge in [0.25, 0.3) is 5.91 Å². The number of anilines is 1. The molecular weight excluding hydrogens is 573 g/mol. The van der Waals surface area contributed by atoms with E-state index in [2.05, 4.69) is 20.3 Å². The molecule has 0 spiro atoms. The summed E-state index contributed by atoms with van der Waals surface area (Å²) in [6.07, 6.45) is 1.39. The summed E-state index contributed by atoms with van der Waals surface area (Å²) in [5.41, 5.74) is 0.803. The molecule has 42 heavy (non-hydrogen) atoms. The van der Waals surface area contributed by atoms with Crippen molar-refractivity contribution in [3.63, 3.8) is 0 Å². The van der Waals surface area contributed by atoms with Gasteiger partial charge in [-0.15, -0.1) is 0 Å². The van der Waals surface area contributed by atoms with Crippen molar-refractivity contribution in [2.45, 2.75) is 20.8 Å². The Bertz CT molecular complexity index is 1960. The number of nitrogens with one attached hydrogen (secondary N) is 2. The van der Waals surface area contributed by atoms with Crippen LogP contribution in [0.25, 0.3) is 22.2 Å². The lowest BCUT2D eigenvalue weighted by molar-refractivity contribution is 0.102. The van der Waals surface area contributed by atoms with Gasteiger partial charge in [-0.3, -0.25) is 14.6 Å². The monoisotopic (exact) mass is 594 g/mol. The summed E-state index contributed by atoms with van der Waals surface area (Å²) in [7, 11) is 1.41. The predicted molar refractivity (Wildman–Crippen MR) is 152 cm³/mol. The molecule has 0 aliphatic heterocycles. The Kier molecular flexibility index (Phi) is 7.61. The number of ether oxygens (including phenoxy) is 2. The van der Waals surface area contributed by atoms with Gasteiger partial charge in [-0.2, -0.15) is 0 Å². The fourth-order valence-electron chi connectivity index (χ4n) is 4.62. The molecule has 0 saturated carbocycles. The third kappa shape index (κ3) is 5.26. The topological polar surface area (TPSA) is 106 Å². The number of aryl methyl sites for hydroxylation is 3. The Morgan fingerprint density at radius 1 is 0.952 bits per heavy atom. The van der Waals surface area contributed by atoms with Crippen LogP contribution in [0.3, 0.4) is 0 Å². The quantitative estimate of drug-likeness (QED) is 0.204. The van der Waals surface area contributed by atoms with Gasteiger partial charge in [-0.1, -0.05) is 17.7 Å². The number of aromatic amines is 1. The van der Waals surface area contributed by atoms with Gasteiger partial charge in [0.1, 0.15) is 16.9 Å². The maximum atomic E-state index is 15.1. The van der Waals surface area contributed by atoms with Gasteiger partial charge in [-0.25, -0.2) is 18.2 Å². The minimum Gasteiger partial charge on any atom is -0.493 e. The third-order valence-electron chi connectivity index (χ3n) is 6.57. The second-order valence-corrected chi connectivity index (χ2v) is 9.75. The normalized spacial score (nSPS) is 11.0. The SMILES string of the molecule is COc1cc2nccc(Oc3cc(F)c(NC(=O)c4c(C)[nH]c(C)c(-c5ccc(F)cc5C)c4=O)cc3F)c2nc1Cl. The minimum absolute atomic E-state index is 0.0201. The molecule has 0 saturated heterocycles.